The Hall–Kier alpha value is -2.40. The van der Waals surface area contributed by atoms with Gasteiger partial charge in [0.1, 0.15) is 11.4 Å². The molecular formula is C26H29NO3. The number of hydrogen-bond donors (Lipinski definition) is 2. The average molecular weight is 404 g/mol. The fraction of sp³-hybridized carbons (Fsp3) is 0.385. The smallest absolute Gasteiger partial charge is 0.133 e. The van der Waals surface area contributed by atoms with Crippen LogP contribution in [0, 0.1) is 6.92 Å². The molecule has 30 heavy (non-hydrogen) atoms. The normalized spacial score (nSPS) is 21.9. The van der Waals surface area contributed by atoms with Gasteiger partial charge in [-0.2, -0.15) is 0 Å². The Kier molecular flexibility index (Phi) is 5.02. The third-order valence-corrected chi connectivity index (χ3v) is 6.81. The van der Waals surface area contributed by atoms with E-state index in [4.69, 9.17) is 4.74 Å². The number of aliphatic hydroxyl groups excluding tert-OH is 2. The minimum atomic E-state index is -0.497. The van der Waals surface area contributed by atoms with Crippen LogP contribution in [-0.4, -0.2) is 40.3 Å². The molecule has 156 valence electrons. The molecular weight excluding hydrogens is 374 g/mol. The van der Waals surface area contributed by atoms with Crippen LogP contribution in [-0.2, 0) is 0 Å². The van der Waals surface area contributed by atoms with E-state index >= 15 is 0 Å². The van der Waals surface area contributed by atoms with E-state index in [0.717, 1.165) is 53.6 Å². The lowest BCUT2D eigenvalue weighted by Gasteiger charge is -2.46. The number of β-amino-alcohol motifs (C(OH)–C–C–N with tert-alkyl or cyclic N) is 1. The van der Waals surface area contributed by atoms with E-state index < -0.39 is 12.2 Å². The molecule has 0 unspecified atom stereocenters. The summed E-state index contributed by atoms with van der Waals surface area (Å²) in [7, 11) is 0. The maximum atomic E-state index is 10.9. The summed E-state index contributed by atoms with van der Waals surface area (Å²) < 4.78 is 6.65. The summed E-state index contributed by atoms with van der Waals surface area (Å²) in [6.07, 6.45) is 1.36. The monoisotopic (exact) mass is 403 g/mol. The molecule has 1 saturated heterocycles. The molecule has 0 aromatic heterocycles. The van der Waals surface area contributed by atoms with Crippen molar-refractivity contribution in [3.8, 4) is 5.75 Å². The van der Waals surface area contributed by atoms with Gasteiger partial charge in [-0.1, -0.05) is 66.2 Å². The number of piperidine rings is 1. The van der Waals surface area contributed by atoms with Gasteiger partial charge in [-0.15, -0.1) is 0 Å². The number of ether oxygens (including phenoxy) is 1. The molecule has 2 aliphatic rings. The highest BCUT2D eigenvalue weighted by atomic mass is 16.5. The summed E-state index contributed by atoms with van der Waals surface area (Å²) in [6.45, 7) is 4.40. The summed E-state index contributed by atoms with van der Waals surface area (Å²) in [4.78, 5) is 2.31. The summed E-state index contributed by atoms with van der Waals surface area (Å²) in [5, 5.41) is 23.7. The first kappa shape index (κ1) is 19.6. The lowest BCUT2D eigenvalue weighted by molar-refractivity contribution is -0.0577. The van der Waals surface area contributed by atoms with E-state index in [1.54, 1.807) is 0 Å². The van der Waals surface area contributed by atoms with Crippen LogP contribution in [0.1, 0.15) is 48.2 Å². The second kappa shape index (κ2) is 7.69. The van der Waals surface area contributed by atoms with Gasteiger partial charge in [-0.25, -0.2) is 0 Å². The molecule has 2 atom stereocenters. The molecule has 5 rings (SSSR count). The number of rotatable bonds is 3. The molecule has 4 heteroatoms. The van der Waals surface area contributed by atoms with Crippen molar-refractivity contribution in [2.45, 2.75) is 44.0 Å². The molecule has 0 radical (unpaired) electrons. The zero-order chi connectivity index (χ0) is 20.7. The summed E-state index contributed by atoms with van der Waals surface area (Å²) in [5.74, 6) is 0.847. The van der Waals surface area contributed by atoms with Gasteiger partial charge in [0.25, 0.3) is 0 Å². The van der Waals surface area contributed by atoms with Gasteiger partial charge in [0.2, 0.25) is 0 Å². The van der Waals surface area contributed by atoms with E-state index in [-0.39, 0.29) is 5.60 Å². The van der Waals surface area contributed by atoms with Crippen LogP contribution in [0.4, 0.5) is 0 Å². The second-order valence-corrected chi connectivity index (χ2v) is 8.94. The SMILES string of the molecule is Cc1ccc([C@H](O)CN2CCC3(CC2)C[C@@H](O)c2ccc4ccccc4c2O3)cc1. The molecule has 0 bridgehead atoms. The molecule has 0 amide bonds. The Morgan fingerprint density at radius 1 is 1.03 bits per heavy atom. The number of likely N-dealkylation sites (tertiary alicyclic amines) is 1. The first-order valence-electron chi connectivity index (χ1n) is 10.9. The Bertz CT molecular complexity index is 1040. The van der Waals surface area contributed by atoms with Crippen molar-refractivity contribution < 1.29 is 14.9 Å². The topological polar surface area (TPSA) is 52.9 Å². The van der Waals surface area contributed by atoms with Gasteiger partial charge in [0.15, 0.2) is 0 Å². The Morgan fingerprint density at radius 3 is 2.53 bits per heavy atom. The average Bonchev–Trinajstić information content (AvgIpc) is 2.76. The number of hydrogen-bond acceptors (Lipinski definition) is 4. The summed E-state index contributed by atoms with van der Waals surface area (Å²) >= 11 is 0. The molecule has 1 spiro atoms. The number of aliphatic hydroxyl groups is 2. The number of benzene rings is 3. The van der Waals surface area contributed by atoms with Crippen LogP contribution in [0.15, 0.2) is 60.7 Å². The van der Waals surface area contributed by atoms with E-state index in [1.165, 1.54) is 5.56 Å². The van der Waals surface area contributed by atoms with Crippen molar-refractivity contribution in [2.24, 2.45) is 0 Å². The van der Waals surface area contributed by atoms with Crippen LogP contribution < -0.4 is 4.74 Å². The molecule has 0 saturated carbocycles. The molecule has 1 fully saturated rings. The number of aryl methyl sites for hydroxylation is 1. The maximum Gasteiger partial charge on any atom is 0.133 e. The third kappa shape index (κ3) is 3.60. The highest BCUT2D eigenvalue weighted by molar-refractivity contribution is 5.90. The lowest BCUT2D eigenvalue weighted by Crippen LogP contribution is -2.51. The molecule has 2 heterocycles. The van der Waals surface area contributed by atoms with Crippen molar-refractivity contribution in [2.75, 3.05) is 19.6 Å². The van der Waals surface area contributed by atoms with Gasteiger partial charge < -0.3 is 19.8 Å². The highest BCUT2D eigenvalue weighted by Gasteiger charge is 2.43. The van der Waals surface area contributed by atoms with Crippen molar-refractivity contribution in [1.82, 2.24) is 4.90 Å². The Labute approximate surface area is 177 Å². The van der Waals surface area contributed by atoms with Crippen molar-refractivity contribution in [3.05, 3.63) is 77.4 Å². The van der Waals surface area contributed by atoms with E-state index in [0.29, 0.717) is 13.0 Å². The fourth-order valence-electron chi connectivity index (χ4n) is 4.94. The zero-order valence-corrected chi connectivity index (χ0v) is 17.4. The summed E-state index contributed by atoms with van der Waals surface area (Å²) in [5.41, 5.74) is 2.73. The van der Waals surface area contributed by atoms with Crippen LogP contribution in [0.2, 0.25) is 0 Å². The molecule has 3 aromatic rings. The molecule has 2 N–H and O–H groups in total. The lowest BCUT2D eigenvalue weighted by atomic mass is 9.81. The van der Waals surface area contributed by atoms with Crippen LogP contribution in [0.25, 0.3) is 10.8 Å². The highest BCUT2D eigenvalue weighted by Crippen LogP contribution is 2.47. The number of nitrogens with zero attached hydrogens (tertiary/aromatic N) is 1. The number of fused-ring (bicyclic) bond motifs is 3. The Morgan fingerprint density at radius 2 is 1.77 bits per heavy atom. The zero-order valence-electron chi connectivity index (χ0n) is 17.4. The van der Waals surface area contributed by atoms with E-state index in [2.05, 4.69) is 30.0 Å². The summed E-state index contributed by atoms with van der Waals surface area (Å²) in [6, 6.07) is 20.4. The molecule has 2 aliphatic heterocycles. The van der Waals surface area contributed by atoms with E-state index in [9.17, 15) is 10.2 Å². The van der Waals surface area contributed by atoms with Crippen molar-refractivity contribution in [3.63, 3.8) is 0 Å². The largest absolute Gasteiger partial charge is 0.486 e. The van der Waals surface area contributed by atoms with Gasteiger partial charge in [-0.05, 0) is 30.7 Å². The van der Waals surface area contributed by atoms with Gasteiger partial charge in [0.05, 0.1) is 12.2 Å². The van der Waals surface area contributed by atoms with Gasteiger partial charge in [-0.3, -0.25) is 0 Å². The maximum absolute atomic E-state index is 10.9. The first-order chi connectivity index (χ1) is 14.5. The quantitative estimate of drug-likeness (QED) is 0.675. The minimum Gasteiger partial charge on any atom is -0.486 e. The van der Waals surface area contributed by atoms with Crippen LogP contribution in [0.5, 0.6) is 5.75 Å². The van der Waals surface area contributed by atoms with Gasteiger partial charge in [0, 0.05) is 37.0 Å². The molecule has 0 aliphatic carbocycles. The third-order valence-electron chi connectivity index (χ3n) is 6.81. The minimum absolute atomic E-state index is 0.331. The first-order valence-corrected chi connectivity index (χ1v) is 10.9. The van der Waals surface area contributed by atoms with E-state index in [1.807, 2.05) is 42.5 Å². The predicted molar refractivity (Wildman–Crippen MR) is 119 cm³/mol. The second-order valence-electron chi connectivity index (χ2n) is 8.94. The predicted octanol–water partition coefficient (Wildman–Crippen LogP) is 4.53. The van der Waals surface area contributed by atoms with Crippen LogP contribution >= 0.6 is 0 Å². The fourth-order valence-corrected chi connectivity index (χ4v) is 4.94. The van der Waals surface area contributed by atoms with Gasteiger partial charge >= 0.3 is 0 Å². The standard InChI is InChI=1S/C26H29NO3/c1-18-6-8-20(9-7-18)24(29)17-27-14-12-26(13-15-27)16-23(28)22-11-10-19-4-2-3-5-21(19)25(22)30-26/h2-11,23-24,28-29H,12-17H2,1H3/t23-,24-/m1/s1. The van der Waals surface area contributed by atoms with Crippen molar-refractivity contribution >= 4 is 10.8 Å². The van der Waals surface area contributed by atoms with Crippen molar-refractivity contribution in [1.29, 1.82) is 0 Å². The molecule has 3 aromatic carbocycles. The Balaban J connectivity index is 1.30. The molecule has 4 nitrogen and oxygen atoms in total. The van der Waals surface area contributed by atoms with Crippen LogP contribution in [0.3, 0.4) is 0 Å².